The number of rotatable bonds is 4. The molecule has 1 saturated heterocycles. The number of esters is 1. The van der Waals surface area contributed by atoms with E-state index in [-0.39, 0.29) is 24.6 Å². The van der Waals surface area contributed by atoms with Gasteiger partial charge in [0.1, 0.15) is 0 Å². The van der Waals surface area contributed by atoms with E-state index < -0.39 is 5.97 Å². The molecule has 2 atom stereocenters. The van der Waals surface area contributed by atoms with E-state index in [0.717, 1.165) is 35.7 Å². The number of carbonyl (C=O) groups is 2. The molecule has 1 aliphatic rings. The Bertz CT molecular complexity index is 852. The van der Waals surface area contributed by atoms with Gasteiger partial charge >= 0.3 is 5.97 Å². The fourth-order valence-corrected chi connectivity index (χ4v) is 4.15. The lowest BCUT2D eigenvalue weighted by molar-refractivity contribution is -0.140. The molecule has 27 heavy (non-hydrogen) atoms. The number of piperidine rings is 1. The number of likely N-dealkylation sites (tertiary alicyclic amines) is 1. The third kappa shape index (κ3) is 3.82. The second kappa shape index (κ2) is 8.07. The zero-order valence-electron chi connectivity index (χ0n) is 16.6. The molecule has 1 aromatic carbocycles. The monoisotopic (exact) mass is 368 g/mol. The highest BCUT2D eigenvalue weighted by Gasteiger charge is 2.30. The van der Waals surface area contributed by atoms with Crippen molar-refractivity contribution in [3.05, 3.63) is 41.1 Å². The van der Waals surface area contributed by atoms with Gasteiger partial charge in [-0.25, -0.2) is 4.79 Å². The summed E-state index contributed by atoms with van der Waals surface area (Å²) in [6, 6.07) is 8.15. The van der Waals surface area contributed by atoms with E-state index in [1.165, 1.54) is 0 Å². The maximum atomic E-state index is 12.8. The van der Waals surface area contributed by atoms with E-state index in [2.05, 4.69) is 18.8 Å². The van der Waals surface area contributed by atoms with Crippen LogP contribution in [0.4, 0.5) is 0 Å². The molecule has 3 rings (SSSR count). The summed E-state index contributed by atoms with van der Waals surface area (Å²) in [5.74, 6) is -0.583. The van der Waals surface area contributed by atoms with Crippen LogP contribution in [0.25, 0.3) is 10.9 Å². The smallest absolute Gasteiger partial charge is 0.340 e. The maximum absolute atomic E-state index is 12.8. The van der Waals surface area contributed by atoms with E-state index in [1.54, 1.807) is 0 Å². The molecule has 144 valence electrons. The average Bonchev–Trinajstić information content (AvgIpc) is 2.65. The number of fused-ring (bicyclic) bond motifs is 1. The Hall–Kier alpha value is -2.43. The fraction of sp³-hybridized carbons (Fsp3) is 0.500. The number of pyridine rings is 1. The number of carbonyl (C=O) groups excluding carboxylic acids is 2. The molecule has 0 spiro atoms. The number of benzene rings is 1. The van der Waals surface area contributed by atoms with Crippen molar-refractivity contribution in [2.24, 2.45) is 0 Å². The second-order valence-corrected chi connectivity index (χ2v) is 7.44. The van der Waals surface area contributed by atoms with Gasteiger partial charge in [0, 0.05) is 17.5 Å². The minimum Gasteiger partial charge on any atom is -0.452 e. The highest BCUT2D eigenvalue weighted by atomic mass is 16.5. The van der Waals surface area contributed by atoms with Crippen molar-refractivity contribution in [3.63, 3.8) is 0 Å². The Kier molecular flexibility index (Phi) is 5.78. The molecule has 1 fully saturated rings. The number of aryl methyl sites for hydroxylation is 2. The standard InChI is InChI=1S/C22H28N2O3/c1-5-18-21(16(4)17-11-6-7-12-19(17)23-18)22(26)27-13-20(25)24-14(2)9-8-10-15(24)3/h6-7,11-12,14-15H,5,8-10,13H2,1-4H3/t14-,15-/m0/s1. The normalized spacial score (nSPS) is 19.9. The summed E-state index contributed by atoms with van der Waals surface area (Å²) >= 11 is 0. The summed E-state index contributed by atoms with van der Waals surface area (Å²) < 4.78 is 5.44. The van der Waals surface area contributed by atoms with Gasteiger partial charge in [-0.1, -0.05) is 25.1 Å². The van der Waals surface area contributed by atoms with Crippen LogP contribution in [0.15, 0.2) is 24.3 Å². The van der Waals surface area contributed by atoms with E-state index >= 15 is 0 Å². The molecule has 0 bridgehead atoms. The molecule has 5 nitrogen and oxygen atoms in total. The van der Waals surface area contributed by atoms with Crippen LogP contribution in [0.3, 0.4) is 0 Å². The first-order chi connectivity index (χ1) is 12.9. The van der Waals surface area contributed by atoms with Crippen molar-refractivity contribution in [2.45, 2.75) is 65.5 Å². The van der Waals surface area contributed by atoms with Crippen LogP contribution >= 0.6 is 0 Å². The van der Waals surface area contributed by atoms with Gasteiger partial charge in [0.25, 0.3) is 5.91 Å². The Morgan fingerprint density at radius 3 is 2.52 bits per heavy atom. The molecule has 1 amide bonds. The number of aromatic nitrogens is 1. The molecule has 0 radical (unpaired) electrons. The lowest BCUT2D eigenvalue weighted by Crippen LogP contribution is -2.49. The van der Waals surface area contributed by atoms with Gasteiger partial charge in [-0.2, -0.15) is 0 Å². The van der Waals surface area contributed by atoms with Crippen LogP contribution < -0.4 is 0 Å². The first kappa shape index (κ1) is 19.3. The second-order valence-electron chi connectivity index (χ2n) is 7.44. The maximum Gasteiger partial charge on any atom is 0.340 e. The Morgan fingerprint density at radius 2 is 1.85 bits per heavy atom. The van der Waals surface area contributed by atoms with Crippen molar-refractivity contribution >= 4 is 22.8 Å². The number of amides is 1. The molecule has 0 aliphatic carbocycles. The van der Waals surface area contributed by atoms with Gasteiger partial charge in [0.15, 0.2) is 6.61 Å². The molecule has 0 N–H and O–H groups in total. The molecule has 2 aromatic rings. The summed E-state index contributed by atoms with van der Waals surface area (Å²) in [6.07, 6.45) is 3.76. The van der Waals surface area contributed by atoms with Crippen LogP contribution in [-0.4, -0.2) is 40.5 Å². The van der Waals surface area contributed by atoms with Crippen molar-refractivity contribution in [1.29, 1.82) is 0 Å². The average molecular weight is 368 g/mol. The number of ether oxygens (including phenoxy) is 1. The molecule has 1 aromatic heterocycles. The molecular weight excluding hydrogens is 340 g/mol. The summed E-state index contributed by atoms with van der Waals surface area (Å²) in [5.41, 5.74) is 2.93. The van der Waals surface area contributed by atoms with Gasteiger partial charge < -0.3 is 9.64 Å². The number of hydrogen-bond donors (Lipinski definition) is 0. The fourth-order valence-electron chi connectivity index (χ4n) is 4.15. The van der Waals surface area contributed by atoms with Gasteiger partial charge in [0.2, 0.25) is 0 Å². The minimum atomic E-state index is -0.465. The SMILES string of the molecule is CCc1nc2ccccc2c(C)c1C(=O)OCC(=O)N1[C@@H](C)CCC[C@@H]1C. The Morgan fingerprint density at radius 1 is 1.19 bits per heavy atom. The first-order valence-corrected chi connectivity index (χ1v) is 9.80. The molecular formula is C22H28N2O3. The summed E-state index contributed by atoms with van der Waals surface area (Å²) in [7, 11) is 0. The van der Waals surface area contributed by atoms with Crippen molar-refractivity contribution in [1.82, 2.24) is 9.88 Å². The third-order valence-corrected chi connectivity index (χ3v) is 5.57. The van der Waals surface area contributed by atoms with Gasteiger partial charge in [0.05, 0.1) is 16.8 Å². The highest BCUT2D eigenvalue weighted by molar-refractivity contribution is 5.99. The van der Waals surface area contributed by atoms with Gasteiger partial charge in [-0.3, -0.25) is 9.78 Å². The predicted octanol–water partition coefficient (Wildman–Crippen LogP) is 4.05. The van der Waals surface area contributed by atoms with Crippen LogP contribution in [0, 0.1) is 6.92 Å². The van der Waals surface area contributed by atoms with E-state index in [1.807, 2.05) is 43.0 Å². The molecule has 0 saturated carbocycles. The van der Waals surface area contributed by atoms with Crippen LogP contribution in [0.1, 0.15) is 61.6 Å². The van der Waals surface area contributed by atoms with Crippen molar-refractivity contribution < 1.29 is 14.3 Å². The Labute approximate surface area is 160 Å². The molecule has 5 heteroatoms. The summed E-state index contributed by atoms with van der Waals surface area (Å²) in [4.78, 5) is 31.9. The van der Waals surface area contributed by atoms with Crippen LogP contribution in [0.5, 0.6) is 0 Å². The van der Waals surface area contributed by atoms with E-state index in [0.29, 0.717) is 17.7 Å². The minimum absolute atomic E-state index is 0.118. The summed E-state index contributed by atoms with van der Waals surface area (Å²) in [5, 5.41) is 0.936. The quantitative estimate of drug-likeness (QED) is 0.764. The van der Waals surface area contributed by atoms with Gasteiger partial charge in [-0.15, -0.1) is 0 Å². The number of nitrogens with zero attached hydrogens (tertiary/aromatic N) is 2. The lowest BCUT2D eigenvalue weighted by Gasteiger charge is -2.38. The highest BCUT2D eigenvalue weighted by Crippen LogP contribution is 2.25. The molecule has 1 aliphatic heterocycles. The molecule has 2 heterocycles. The zero-order chi connectivity index (χ0) is 19.6. The number of hydrogen-bond acceptors (Lipinski definition) is 4. The molecule has 0 unspecified atom stereocenters. The lowest BCUT2D eigenvalue weighted by atomic mass is 9.97. The Balaban J connectivity index is 1.80. The first-order valence-electron chi connectivity index (χ1n) is 9.80. The van der Waals surface area contributed by atoms with E-state index in [4.69, 9.17) is 4.74 Å². The third-order valence-electron chi connectivity index (χ3n) is 5.57. The number of para-hydroxylation sites is 1. The van der Waals surface area contributed by atoms with Crippen LogP contribution in [0.2, 0.25) is 0 Å². The van der Waals surface area contributed by atoms with Gasteiger partial charge in [-0.05, 0) is 58.1 Å². The van der Waals surface area contributed by atoms with Crippen molar-refractivity contribution in [2.75, 3.05) is 6.61 Å². The largest absolute Gasteiger partial charge is 0.452 e. The van der Waals surface area contributed by atoms with Crippen LogP contribution in [-0.2, 0) is 16.0 Å². The summed E-state index contributed by atoms with van der Waals surface area (Å²) in [6.45, 7) is 7.78. The topological polar surface area (TPSA) is 59.5 Å². The van der Waals surface area contributed by atoms with E-state index in [9.17, 15) is 9.59 Å². The predicted molar refractivity (Wildman–Crippen MR) is 106 cm³/mol. The van der Waals surface area contributed by atoms with Crippen molar-refractivity contribution in [3.8, 4) is 0 Å². The zero-order valence-corrected chi connectivity index (χ0v) is 16.6.